The molecule has 0 spiro atoms. The van der Waals surface area contributed by atoms with Crippen LogP contribution in [-0.4, -0.2) is 33.4 Å². The number of carbonyl (C=O) groups excluding carboxylic acids is 1. The van der Waals surface area contributed by atoms with Gasteiger partial charge in [-0.25, -0.2) is 4.98 Å². The van der Waals surface area contributed by atoms with Gasteiger partial charge in [0.05, 0.1) is 16.7 Å². The molecule has 5 rings (SSSR count). The van der Waals surface area contributed by atoms with Gasteiger partial charge < -0.3 is 9.88 Å². The molecule has 2 aromatic carbocycles. The van der Waals surface area contributed by atoms with E-state index in [4.69, 9.17) is 0 Å². The highest BCUT2D eigenvalue weighted by molar-refractivity contribution is 7.13. The lowest BCUT2D eigenvalue weighted by atomic mass is 10.1. The molecule has 0 saturated carbocycles. The number of aromatic nitrogens is 2. The number of nitrogens with one attached hydrogen (secondary N) is 1. The van der Waals surface area contributed by atoms with Crippen molar-refractivity contribution in [3.63, 3.8) is 0 Å². The largest absolute Gasteiger partial charge is 0.331 e. The zero-order chi connectivity index (χ0) is 20.5. The van der Waals surface area contributed by atoms with Crippen molar-refractivity contribution in [2.24, 2.45) is 0 Å². The average Bonchev–Trinajstić information content (AvgIpc) is 3.43. The third-order valence-electron chi connectivity index (χ3n) is 5.56. The van der Waals surface area contributed by atoms with E-state index in [0.717, 1.165) is 36.4 Å². The third-order valence-corrected chi connectivity index (χ3v) is 6.37. The van der Waals surface area contributed by atoms with Crippen molar-refractivity contribution in [1.82, 2.24) is 14.5 Å². The predicted octanol–water partition coefficient (Wildman–Crippen LogP) is 3.85. The first-order chi connectivity index (χ1) is 14.7. The fraction of sp³-hybridized carbons (Fsp3) is 0.261. The zero-order valence-electron chi connectivity index (χ0n) is 16.5. The fourth-order valence-corrected chi connectivity index (χ4v) is 4.87. The first-order valence-corrected chi connectivity index (χ1v) is 11.0. The summed E-state index contributed by atoms with van der Waals surface area (Å²) in [4.78, 5) is 32.7. The third kappa shape index (κ3) is 3.62. The highest BCUT2D eigenvalue weighted by Crippen LogP contribution is 2.21. The molecular weight excluding hydrogens is 396 g/mol. The average molecular weight is 419 g/mol. The van der Waals surface area contributed by atoms with Gasteiger partial charge in [0.1, 0.15) is 6.54 Å². The van der Waals surface area contributed by atoms with Crippen molar-refractivity contribution in [2.45, 2.75) is 25.9 Å². The van der Waals surface area contributed by atoms with Gasteiger partial charge in [0.15, 0.2) is 10.6 Å². The smallest absolute Gasteiger partial charge is 0.246 e. The molecule has 0 unspecified atom stereocenters. The molecule has 1 fully saturated rings. The minimum atomic E-state index is -0.156. The summed E-state index contributed by atoms with van der Waals surface area (Å²) in [6, 6.07) is 14.9. The van der Waals surface area contributed by atoms with E-state index in [0.29, 0.717) is 15.9 Å². The Hall–Kier alpha value is -3.03. The quantitative estimate of drug-likeness (QED) is 0.500. The lowest BCUT2D eigenvalue weighted by Gasteiger charge is -2.14. The molecule has 0 aliphatic carbocycles. The number of fused-ring (bicyclic) bond motifs is 2. The van der Waals surface area contributed by atoms with E-state index in [2.05, 4.69) is 15.2 Å². The second-order valence-corrected chi connectivity index (χ2v) is 8.48. The standard InChI is InChI=1S/C23H22N4O2S/c28-21(25-23-24-16(15-30-23)13-26-11-5-6-12-26)14-27-19-9-3-1-7-17(19)22(29)18-8-2-4-10-20(18)27/h1-4,7-10,15H,5-6,11-14H2,(H,24,25,28). The van der Waals surface area contributed by atoms with E-state index in [1.54, 1.807) is 0 Å². The van der Waals surface area contributed by atoms with E-state index in [9.17, 15) is 9.59 Å². The number of nitrogens with zero attached hydrogens (tertiary/aromatic N) is 3. The SMILES string of the molecule is O=C(Cn1c2ccccc2c(=O)c2ccccc21)Nc1nc(CN2CCCC2)cs1. The van der Waals surface area contributed by atoms with Crippen LogP contribution in [-0.2, 0) is 17.9 Å². The van der Waals surface area contributed by atoms with Gasteiger partial charge >= 0.3 is 0 Å². The monoisotopic (exact) mass is 418 g/mol. The molecule has 1 aliphatic rings. The summed E-state index contributed by atoms with van der Waals surface area (Å²) in [5.41, 5.74) is 2.50. The van der Waals surface area contributed by atoms with Crippen molar-refractivity contribution < 1.29 is 4.79 Å². The van der Waals surface area contributed by atoms with E-state index in [1.807, 2.05) is 58.5 Å². The Kier molecular flexibility index (Phi) is 5.06. The zero-order valence-corrected chi connectivity index (χ0v) is 17.3. The molecule has 30 heavy (non-hydrogen) atoms. The molecule has 0 atom stereocenters. The summed E-state index contributed by atoms with van der Waals surface area (Å²) in [7, 11) is 0. The van der Waals surface area contributed by atoms with Crippen LogP contribution in [0, 0.1) is 0 Å². The number of thiazole rings is 1. The first kappa shape index (κ1) is 19.0. The topological polar surface area (TPSA) is 67.2 Å². The van der Waals surface area contributed by atoms with Crippen molar-refractivity contribution in [3.05, 3.63) is 69.8 Å². The summed E-state index contributed by atoms with van der Waals surface area (Å²) in [6.07, 6.45) is 2.49. The van der Waals surface area contributed by atoms with Gasteiger partial charge in [-0.2, -0.15) is 0 Å². The molecule has 0 radical (unpaired) electrons. The Balaban J connectivity index is 1.41. The van der Waals surface area contributed by atoms with E-state index in [1.165, 1.54) is 24.2 Å². The van der Waals surface area contributed by atoms with Gasteiger partial charge in [0.2, 0.25) is 5.91 Å². The maximum Gasteiger partial charge on any atom is 0.246 e. The number of para-hydroxylation sites is 2. The van der Waals surface area contributed by atoms with Gasteiger partial charge in [-0.1, -0.05) is 24.3 Å². The maximum absolute atomic E-state index is 12.9. The molecule has 1 saturated heterocycles. The van der Waals surface area contributed by atoms with Gasteiger partial charge in [-0.3, -0.25) is 14.5 Å². The Morgan fingerprint density at radius 2 is 1.63 bits per heavy atom. The van der Waals surface area contributed by atoms with Crippen LogP contribution in [0.5, 0.6) is 0 Å². The Labute approximate surface area is 177 Å². The predicted molar refractivity (Wildman–Crippen MR) is 121 cm³/mol. The molecule has 1 amide bonds. The van der Waals surface area contributed by atoms with Crippen LogP contribution in [0.1, 0.15) is 18.5 Å². The van der Waals surface area contributed by atoms with E-state index in [-0.39, 0.29) is 17.9 Å². The highest BCUT2D eigenvalue weighted by Gasteiger charge is 2.16. The van der Waals surface area contributed by atoms with Crippen molar-refractivity contribution >= 4 is 44.2 Å². The molecule has 3 heterocycles. The number of likely N-dealkylation sites (tertiary alicyclic amines) is 1. The molecule has 152 valence electrons. The summed E-state index contributed by atoms with van der Waals surface area (Å²) < 4.78 is 1.90. The van der Waals surface area contributed by atoms with E-state index >= 15 is 0 Å². The summed E-state index contributed by atoms with van der Waals surface area (Å²) in [5.74, 6) is -0.156. The fourth-order valence-electron chi connectivity index (χ4n) is 4.16. The minimum Gasteiger partial charge on any atom is -0.331 e. The Morgan fingerprint density at radius 3 is 2.30 bits per heavy atom. The summed E-state index contributed by atoms with van der Waals surface area (Å²) in [5, 5.41) is 6.79. The van der Waals surface area contributed by atoms with E-state index < -0.39 is 0 Å². The lowest BCUT2D eigenvalue weighted by molar-refractivity contribution is -0.116. The molecule has 1 N–H and O–H groups in total. The number of carbonyl (C=O) groups is 1. The molecular formula is C23H22N4O2S. The molecule has 4 aromatic rings. The van der Waals surface area contributed by atoms with Crippen LogP contribution in [0.2, 0.25) is 0 Å². The van der Waals surface area contributed by atoms with Gasteiger partial charge in [0.25, 0.3) is 0 Å². The van der Waals surface area contributed by atoms with Crippen molar-refractivity contribution in [1.29, 1.82) is 0 Å². The Bertz CT molecular complexity index is 1230. The summed E-state index contributed by atoms with van der Waals surface area (Å²) >= 11 is 1.45. The Morgan fingerprint density at radius 1 is 1.00 bits per heavy atom. The highest BCUT2D eigenvalue weighted by atomic mass is 32.1. The molecule has 1 aliphatic heterocycles. The van der Waals surface area contributed by atoms with Crippen LogP contribution in [0.3, 0.4) is 0 Å². The van der Waals surface area contributed by atoms with Crippen molar-refractivity contribution in [2.75, 3.05) is 18.4 Å². The van der Waals surface area contributed by atoms with Gasteiger partial charge in [0, 0.05) is 22.7 Å². The maximum atomic E-state index is 12.9. The molecule has 0 bridgehead atoms. The normalized spacial score (nSPS) is 14.5. The van der Waals surface area contributed by atoms with Crippen LogP contribution in [0.15, 0.2) is 58.7 Å². The van der Waals surface area contributed by atoms with Gasteiger partial charge in [-0.15, -0.1) is 11.3 Å². The van der Waals surface area contributed by atoms with Gasteiger partial charge in [-0.05, 0) is 50.2 Å². The number of hydrogen-bond acceptors (Lipinski definition) is 5. The van der Waals surface area contributed by atoms with Crippen LogP contribution >= 0.6 is 11.3 Å². The summed E-state index contributed by atoms with van der Waals surface area (Å²) in [6.45, 7) is 3.18. The number of anilines is 1. The van der Waals surface area contributed by atoms with Crippen LogP contribution in [0.25, 0.3) is 21.8 Å². The van der Waals surface area contributed by atoms with Crippen LogP contribution in [0.4, 0.5) is 5.13 Å². The molecule has 7 heteroatoms. The number of rotatable bonds is 5. The number of hydrogen-bond donors (Lipinski definition) is 1. The number of benzene rings is 2. The van der Waals surface area contributed by atoms with Crippen LogP contribution < -0.4 is 10.7 Å². The molecule has 2 aromatic heterocycles. The van der Waals surface area contributed by atoms with Crippen molar-refractivity contribution in [3.8, 4) is 0 Å². The number of pyridine rings is 1. The number of amides is 1. The molecule has 6 nitrogen and oxygen atoms in total. The second-order valence-electron chi connectivity index (χ2n) is 7.62. The second kappa shape index (κ2) is 8.01. The minimum absolute atomic E-state index is 0.00987. The lowest BCUT2D eigenvalue weighted by Crippen LogP contribution is -2.21. The first-order valence-electron chi connectivity index (χ1n) is 10.2.